The highest BCUT2D eigenvalue weighted by Gasteiger charge is 2.24. The zero-order chi connectivity index (χ0) is 19.4. The Labute approximate surface area is 158 Å². The van der Waals surface area contributed by atoms with Crippen molar-refractivity contribution in [2.24, 2.45) is 5.92 Å². The van der Waals surface area contributed by atoms with Crippen LogP contribution < -0.4 is 10.6 Å². The topological polar surface area (TPSA) is 86.9 Å². The van der Waals surface area contributed by atoms with Gasteiger partial charge >= 0.3 is 0 Å². The fourth-order valence-electron chi connectivity index (χ4n) is 2.98. The minimum Gasteiger partial charge on any atom is -0.340 e. The van der Waals surface area contributed by atoms with Crippen LogP contribution in [0.15, 0.2) is 48.5 Å². The van der Waals surface area contributed by atoms with E-state index in [1.165, 1.54) is 0 Å². The van der Waals surface area contributed by atoms with E-state index < -0.39 is 6.04 Å². The Hall–Kier alpha value is -3.15. The molecule has 0 saturated carbocycles. The molecule has 0 aliphatic rings. The third kappa shape index (κ3) is 4.53. The molecule has 0 radical (unpaired) electrons. The molecule has 27 heavy (non-hydrogen) atoms. The number of aryl methyl sites for hydroxylation is 1. The number of hydrogen-bond donors (Lipinski definition) is 3. The largest absolute Gasteiger partial charge is 0.340 e. The average Bonchev–Trinajstić information content (AvgIpc) is 3.03. The van der Waals surface area contributed by atoms with Crippen LogP contribution in [0.3, 0.4) is 0 Å². The summed E-state index contributed by atoms with van der Waals surface area (Å²) in [6.07, 6.45) is 0.531. The Morgan fingerprint density at radius 3 is 2.48 bits per heavy atom. The summed E-state index contributed by atoms with van der Waals surface area (Å²) in [7, 11) is 0. The minimum atomic E-state index is -0.648. The number of H-pyrrole nitrogens is 1. The molecule has 0 aliphatic heterocycles. The first-order chi connectivity index (χ1) is 12.9. The van der Waals surface area contributed by atoms with Crippen LogP contribution in [0, 0.1) is 12.8 Å². The van der Waals surface area contributed by atoms with Crippen molar-refractivity contribution in [3.63, 3.8) is 0 Å². The van der Waals surface area contributed by atoms with E-state index in [0.29, 0.717) is 17.9 Å². The SMILES string of the molecule is Cc1ccccc1C(=O)NC(CC(C)C)C(=O)Nc1nc2ccccc2[nH]1. The van der Waals surface area contributed by atoms with E-state index in [4.69, 9.17) is 0 Å². The fraction of sp³-hybridized carbons (Fsp3) is 0.286. The molecule has 0 aliphatic carbocycles. The normalized spacial score (nSPS) is 12.1. The number of benzene rings is 2. The van der Waals surface area contributed by atoms with Gasteiger partial charge in [-0.05, 0) is 43.0 Å². The van der Waals surface area contributed by atoms with Gasteiger partial charge in [0.1, 0.15) is 6.04 Å². The number of nitrogens with zero attached hydrogens (tertiary/aromatic N) is 1. The van der Waals surface area contributed by atoms with Crippen LogP contribution in [0.4, 0.5) is 5.95 Å². The van der Waals surface area contributed by atoms with E-state index in [-0.39, 0.29) is 17.7 Å². The number of nitrogens with one attached hydrogen (secondary N) is 3. The van der Waals surface area contributed by atoms with Gasteiger partial charge < -0.3 is 10.3 Å². The molecule has 6 heteroatoms. The van der Waals surface area contributed by atoms with Gasteiger partial charge in [0.25, 0.3) is 5.91 Å². The third-order valence-electron chi connectivity index (χ3n) is 4.35. The van der Waals surface area contributed by atoms with E-state index in [1.54, 1.807) is 6.07 Å². The Bertz CT molecular complexity index is 928. The molecule has 3 aromatic rings. The van der Waals surface area contributed by atoms with Gasteiger partial charge in [0.2, 0.25) is 11.9 Å². The highest BCUT2D eigenvalue weighted by atomic mass is 16.2. The number of imidazole rings is 1. The van der Waals surface area contributed by atoms with Gasteiger partial charge in [-0.2, -0.15) is 0 Å². The highest BCUT2D eigenvalue weighted by Crippen LogP contribution is 2.15. The maximum Gasteiger partial charge on any atom is 0.252 e. The van der Waals surface area contributed by atoms with Crippen LogP contribution in [0.5, 0.6) is 0 Å². The van der Waals surface area contributed by atoms with Gasteiger partial charge in [-0.3, -0.25) is 14.9 Å². The second-order valence-electron chi connectivity index (χ2n) is 7.06. The summed E-state index contributed by atoms with van der Waals surface area (Å²) >= 11 is 0. The van der Waals surface area contributed by atoms with Crippen molar-refractivity contribution in [3.05, 3.63) is 59.7 Å². The zero-order valence-electron chi connectivity index (χ0n) is 15.7. The van der Waals surface area contributed by atoms with Crippen LogP contribution in [0.1, 0.15) is 36.2 Å². The van der Waals surface area contributed by atoms with Gasteiger partial charge in [-0.1, -0.05) is 44.2 Å². The van der Waals surface area contributed by atoms with Crippen LogP contribution >= 0.6 is 0 Å². The standard InChI is InChI=1S/C21H24N4O2/c1-13(2)12-18(22-19(26)15-9-5-4-8-14(15)3)20(27)25-21-23-16-10-6-7-11-17(16)24-21/h4-11,13,18H,12H2,1-3H3,(H,22,26)(H2,23,24,25,27). The monoisotopic (exact) mass is 364 g/mol. The molecule has 140 valence electrons. The number of aromatic amines is 1. The van der Waals surface area contributed by atoms with Crippen LogP contribution in [0.2, 0.25) is 0 Å². The van der Waals surface area contributed by atoms with Crippen molar-refractivity contribution in [2.45, 2.75) is 33.2 Å². The van der Waals surface area contributed by atoms with Crippen LogP contribution in [0.25, 0.3) is 11.0 Å². The van der Waals surface area contributed by atoms with E-state index in [1.807, 2.05) is 63.2 Å². The van der Waals surface area contributed by atoms with Gasteiger partial charge in [0.05, 0.1) is 11.0 Å². The first-order valence-electron chi connectivity index (χ1n) is 9.06. The van der Waals surface area contributed by atoms with Crippen molar-refractivity contribution < 1.29 is 9.59 Å². The quantitative estimate of drug-likeness (QED) is 0.624. The van der Waals surface area contributed by atoms with Crippen molar-refractivity contribution in [3.8, 4) is 0 Å². The molecule has 0 saturated heterocycles. The smallest absolute Gasteiger partial charge is 0.252 e. The number of aromatic nitrogens is 2. The first kappa shape index (κ1) is 18.6. The van der Waals surface area contributed by atoms with Crippen molar-refractivity contribution >= 4 is 28.8 Å². The lowest BCUT2D eigenvalue weighted by atomic mass is 10.0. The molecule has 2 aromatic carbocycles. The molecule has 0 spiro atoms. The summed E-state index contributed by atoms with van der Waals surface area (Å²) in [4.78, 5) is 32.9. The number of carbonyl (C=O) groups is 2. The Kier molecular flexibility index (Phi) is 5.54. The molecule has 3 N–H and O–H groups in total. The van der Waals surface area contributed by atoms with E-state index in [0.717, 1.165) is 16.6 Å². The molecule has 1 aromatic heterocycles. The Morgan fingerprint density at radius 1 is 1.07 bits per heavy atom. The number of amides is 2. The first-order valence-corrected chi connectivity index (χ1v) is 9.06. The summed E-state index contributed by atoms with van der Waals surface area (Å²) in [5.74, 6) is 0.0805. The summed E-state index contributed by atoms with van der Waals surface area (Å²) in [6.45, 7) is 5.91. The molecule has 3 rings (SSSR count). The number of anilines is 1. The lowest BCUT2D eigenvalue weighted by Gasteiger charge is -2.20. The summed E-state index contributed by atoms with van der Waals surface area (Å²) in [6, 6.07) is 14.2. The maximum atomic E-state index is 12.8. The number of hydrogen-bond acceptors (Lipinski definition) is 3. The van der Waals surface area contributed by atoms with E-state index in [9.17, 15) is 9.59 Å². The van der Waals surface area contributed by atoms with Gasteiger partial charge in [0.15, 0.2) is 0 Å². The molecule has 1 atom stereocenters. The molecule has 0 bridgehead atoms. The Morgan fingerprint density at radius 2 is 1.78 bits per heavy atom. The van der Waals surface area contributed by atoms with Gasteiger partial charge in [-0.15, -0.1) is 0 Å². The lowest BCUT2D eigenvalue weighted by molar-refractivity contribution is -0.118. The van der Waals surface area contributed by atoms with Crippen molar-refractivity contribution in [1.29, 1.82) is 0 Å². The zero-order valence-corrected chi connectivity index (χ0v) is 15.7. The number of carbonyl (C=O) groups excluding carboxylic acids is 2. The van der Waals surface area contributed by atoms with Gasteiger partial charge in [-0.25, -0.2) is 4.98 Å². The molecule has 6 nitrogen and oxygen atoms in total. The molecular weight excluding hydrogens is 340 g/mol. The predicted molar refractivity (Wildman–Crippen MR) is 107 cm³/mol. The molecule has 1 unspecified atom stereocenters. The van der Waals surface area contributed by atoms with Crippen LogP contribution in [-0.4, -0.2) is 27.8 Å². The summed E-state index contributed by atoms with van der Waals surface area (Å²) in [5.41, 5.74) is 3.06. The second-order valence-corrected chi connectivity index (χ2v) is 7.06. The minimum absolute atomic E-state index is 0.244. The van der Waals surface area contributed by atoms with E-state index in [2.05, 4.69) is 20.6 Å². The maximum absolute atomic E-state index is 12.8. The summed E-state index contributed by atoms with van der Waals surface area (Å²) in [5, 5.41) is 5.65. The van der Waals surface area contributed by atoms with E-state index >= 15 is 0 Å². The van der Waals surface area contributed by atoms with Crippen LogP contribution in [-0.2, 0) is 4.79 Å². The van der Waals surface area contributed by atoms with Crippen molar-refractivity contribution in [2.75, 3.05) is 5.32 Å². The molecule has 0 fully saturated rings. The lowest BCUT2D eigenvalue weighted by Crippen LogP contribution is -2.44. The van der Waals surface area contributed by atoms with Crippen molar-refractivity contribution in [1.82, 2.24) is 15.3 Å². The Balaban J connectivity index is 1.76. The second kappa shape index (κ2) is 8.03. The predicted octanol–water partition coefficient (Wildman–Crippen LogP) is 3.65. The number of fused-ring (bicyclic) bond motifs is 1. The molecule has 2 amide bonds. The average molecular weight is 364 g/mol. The molecular formula is C21H24N4O2. The highest BCUT2D eigenvalue weighted by molar-refractivity contribution is 6.01. The summed E-state index contributed by atoms with van der Waals surface area (Å²) < 4.78 is 0. The van der Waals surface area contributed by atoms with Gasteiger partial charge in [0, 0.05) is 5.56 Å². The number of para-hydroxylation sites is 2. The number of rotatable bonds is 6. The molecule has 1 heterocycles. The fourth-order valence-corrected chi connectivity index (χ4v) is 2.98. The third-order valence-corrected chi connectivity index (χ3v) is 4.35.